The standard InChI is InChI=1S/C13H16O2/c1-4-5-6-7-11-9(2)12(10(3)14)8-13(11)15/h4-6,12H,1,7-8H2,2-3H3/b6-5-. The molecule has 0 N–H and O–H groups in total. The van der Waals surface area contributed by atoms with Gasteiger partial charge in [0, 0.05) is 12.3 Å². The smallest absolute Gasteiger partial charge is 0.160 e. The first kappa shape index (κ1) is 11.6. The van der Waals surface area contributed by atoms with E-state index in [1.165, 1.54) is 0 Å². The van der Waals surface area contributed by atoms with Gasteiger partial charge in [-0.15, -0.1) is 0 Å². The highest BCUT2D eigenvalue weighted by Crippen LogP contribution is 2.31. The molecule has 0 saturated carbocycles. The Morgan fingerprint density at radius 2 is 2.27 bits per heavy atom. The number of carbonyl (C=O) groups excluding carboxylic acids is 2. The van der Waals surface area contributed by atoms with Crippen molar-refractivity contribution in [1.82, 2.24) is 0 Å². The molecule has 0 aliphatic heterocycles. The third-order valence-corrected chi connectivity index (χ3v) is 2.81. The van der Waals surface area contributed by atoms with Gasteiger partial charge >= 0.3 is 0 Å². The van der Waals surface area contributed by atoms with Crippen LogP contribution >= 0.6 is 0 Å². The summed E-state index contributed by atoms with van der Waals surface area (Å²) in [5.41, 5.74) is 1.74. The van der Waals surface area contributed by atoms with Crippen molar-refractivity contribution < 1.29 is 9.59 Å². The Labute approximate surface area is 90.4 Å². The van der Waals surface area contributed by atoms with E-state index in [1.54, 1.807) is 13.0 Å². The van der Waals surface area contributed by atoms with Gasteiger partial charge in [-0.3, -0.25) is 9.59 Å². The normalized spacial score (nSPS) is 21.5. The fraction of sp³-hybridized carbons (Fsp3) is 0.385. The molecular weight excluding hydrogens is 188 g/mol. The van der Waals surface area contributed by atoms with Crippen LogP contribution in [-0.2, 0) is 9.59 Å². The summed E-state index contributed by atoms with van der Waals surface area (Å²) < 4.78 is 0. The lowest BCUT2D eigenvalue weighted by Crippen LogP contribution is -2.09. The van der Waals surface area contributed by atoms with Gasteiger partial charge in [-0.1, -0.05) is 30.4 Å². The monoisotopic (exact) mass is 204 g/mol. The van der Waals surface area contributed by atoms with Crippen molar-refractivity contribution in [2.24, 2.45) is 5.92 Å². The van der Waals surface area contributed by atoms with Gasteiger partial charge in [0.2, 0.25) is 0 Å². The molecule has 0 radical (unpaired) electrons. The van der Waals surface area contributed by atoms with E-state index in [0.29, 0.717) is 12.8 Å². The summed E-state index contributed by atoms with van der Waals surface area (Å²) in [4.78, 5) is 22.9. The number of carbonyl (C=O) groups is 2. The molecule has 1 atom stereocenters. The van der Waals surface area contributed by atoms with Crippen LogP contribution in [0, 0.1) is 5.92 Å². The molecule has 0 aromatic rings. The zero-order chi connectivity index (χ0) is 11.4. The van der Waals surface area contributed by atoms with Gasteiger partial charge in [-0.05, 0) is 25.8 Å². The van der Waals surface area contributed by atoms with Crippen molar-refractivity contribution in [3.05, 3.63) is 36.0 Å². The lowest BCUT2D eigenvalue weighted by atomic mass is 9.98. The van der Waals surface area contributed by atoms with Gasteiger partial charge in [0.05, 0.1) is 0 Å². The molecule has 0 bridgehead atoms. The maximum atomic E-state index is 11.6. The predicted molar refractivity (Wildman–Crippen MR) is 60.4 cm³/mol. The molecule has 0 amide bonds. The van der Waals surface area contributed by atoms with E-state index in [-0.39, 0.29) is 17.5 Å². The number of ketones is 2. The van der Waals surface area contributed by atoms with Crippen molar-refractivity contribution in [2.45, 2.75) is 26.7 Å². The average molecular weight is 204 g/mol. The van der Waals surface area contributed by atoms with E-state index < -0.39 is 0 Å². The topological polar surface area (TPSA) is 34.1 Å². The lowest BCUT2D eigenvalue weighted by molar-refractivity contribution is -0.122. The maximum Gasteiger partial charge on any atom is 0.160 e. The van der Waals surface area contributed by atoms with Crippen LogP contribution in [0.1, 0.15) is 26.7 Å². The second-order valence-electron chi connectivity index (χ2n) is 3.82. The number of Topliss-reactive ketones (excluding diaryl/α,β-unsaturated/α-hetero) is 2. The molecule has 1 aliphatic carbocycles. The van der Waals surface area contributed by atoms with Gasteiger partial charge in [0.15, 0.2) is 5.78 Å². The zero-order valence-electron chi connectivity index (χ0n) is 9.25. The zero-order valence-corrected chi connectivity index (χ0v) is 9.25. The number of rotatable bonds is 4. The van der Waals surface area contributed by atoms with Crippen LogP contribution in [0.15, 0.2) is 36.0 Å². The van der Waals surface area contributed by atoms with Gasteiger partial charge in [-0.2, -0.15) is 0 Å². The fourth-order valence-electron chi connectivity index (χ4n) is 1.90. The quantitative estimate of drug-likeness (QED) is 0.660. The van der Waals surface area contributed by atoms with Crippen LogP contribution in [0.2, 0.25) is 0 Å². The van der Waals surface area contributed by atoms with Crippen LogP contribution in [-0.4, -0.2) is 11.6 Å². The summed E-state index contributed by atoms with van der Waals surface area (Å²) in [5, 5.41) is 0. The number of hydrogen-bond donors (Lipinski definition) is 0. The van der Waals surface area contributed by atoms with E-state index in [0.717, 1.165) is 11.1 Å². The van der Waals surface area contributed by atoms with Gasteiger partial charge in [-0.25, -0.2) is 0 Å². The third-order valence-electron chi connectivity index (χ3n) is 2.81. The molecule has 2 nitrogen and oxygen atoms in total. The van der Waals surface area contributed by atoms with Crippen LogP contribution in [0.25, 0.3) is 0 Å². The van der Waals surface area contributed by atoms with Gasteiger partial charge < -0.3 is 0 Å². The Bertz CT molecular complexity index is 359. The highest BCUT2D eigenvalue weighted by Gasteiger charge is 2.31. The summed E-state index contributed by atoms with van der Waals surface area (Å²) in [6.45, 7) is 6.99. The minimum atomic E-state index is -0.176. The highest BCUT2D eigenvalue weighted by atomic mass is 16.1. The van der Waals surface area contributed by atoms with Crippen molar-refractivity contribution in [3.8, 4) is 0 Å². The molecule has 15 heavy (non-hydrogen) atoms. The summed E-state index contributed by atoms with van der Waals surface area (Å²) in [5.74, 6) is 0.0228. The molecule has 0 heterocycles. The van der Waals surface area contributed by atoms with E-state index in [1.807, 2.05) is 19.1 Å². The predicted octanol–water partition coefficient (Wildman–Crippen LogP) is 2.61. The van der Waals surface area contributed by atoms with Crippen LogP contribution < -0.4 is 0 Å². The Morgan fingerprint density at radius 1 is 1.60 bits per heavy atom. The fourth-order valence-corrected chi connectivity index (χ4v) is 1.90. The maximum absolute atomic E-state index is 11.6. The molecule has 1 rings (SSSR count). The van der Waals surface area contributed by atoms with Crippen LogP contribution in [0.5, 0.6) is 0 Å². The largest absolute Gasteiger partial charge is 0.299 e. The molecule has 1 unspecified atom stereocenters. The Kier molecular flexibility index (Phi) is 3.78. The summed E-state index contributed by atoms with van der Waals surface area (Å²) in [6.07, 6.45) is 6.36. The highest BCUT2D eigenvalue weighted by molar-refractivity contribution is 6.04. The number of hydrogen-bond acceptors (Lipinski definition) is 2. The molecular formula is C13H16O2. The third kappa shape index (κ3) is 2.52. The van der Waals surface area contributed by atoms with E-state index in [9.17, 15) is 9.59 Å². The van der Waals surface area contributed by atoms with E-state index in [2.05, 4.69) is 6.58 Å². The van der Waals surface area contributed by atoms with Crippen molar-refractivity contribution >= 4 is 11.6 Å². The second-order valence-corrected chi connectivity index (χ2v) is 3.82. The van der Waals surface area contributed by atoms with E-state index in [4.69, 9.17) is 0 Å². The first-order valence-electron chi connectivity index (χ1n) is 5.08. The van der Waals surface area contributed by atoms with Crippen LogP contribution in [0.3, 0.4) is 0 Å². The SMILES string of the molecule is C=C/C=C\CC1=C(C)C(C(C)=O)CC1=O. The summed E-state index contributed by atoms with van der Waals surface area (Å²) >= 11 is 0. The van der Waals surface area contributed by atoms with Crippen molar-refractivity contribution in [1.29, 1.82) is 0 Å². The first-order valence-corrected chi connectivity index (χ1v) is 5.08. The summed E-state index contributed by atoms with van der Waals surface area (Å²) in [6, 6.07) is 0. The van der Waals surface area contributed by atoms with Gasteiger partial charge in [0.1, 0.15) is 5.78 Å². The Morgan fingerprint density at radius 3 is 2.73 bits per heavy atom. The first-order chi connectivity index (χ1) is 7.07. The minimum Gasteiger partial charge on any atom is -0.299 e. The molecule has 0 aromatic heterocycles. The molecule has 1 aliphatic rings. The lowest BCUT2D eigenvalue weighted by Gasteiger charge is -2.04. The molecule has 0 aromatic carbocycles. The van der Waals surface area contributed by atoms with E-state index >= 15 is 0 Å². The van der Waals surface area contributed by atoms with Gasteiger partial charge in [0.25, 0.3) is 0 Å². The summed E-state index contributed by atoms with van der Waals surface area (Å²) in [7, 11) is 0. The second kappa shape index (κ2) is 4.87. The van der Waals surface area contributed by atoms with Crippen LogP contribution in [0.4, 0.5) is 0 Å². The average Bonchev–Trinajstić information content (AvgIpc) is 2.45. The Hall–Kier alpha value is -1.44. The minimum absolute atomic E-state index is 0.0866. The molecule has 0 fully saturated rings. The molecule has 2 heteroatoms. The van der Waals surface area contributed by atoms with Crippen molar-refractivity contribution in [3.63, 3.8) is 0 Å². The Balaban J connectivity index is 2.84. The van der Waals surface area contributed by atoms with Crippen molar-refractivity contribution in [2.75, 3.05) is 0 Å². The molecule has 80 valence electrons. The molecule has 0 saturated heterocycles. The number of allylic oxidation sites excluding steroid dienone is 5. The molecule has 0 spiro atoms.